The number of ether oxygens (including phenoxy) is 1. The molecule has 16 heavy (non-hydrogen) atoms. The summed E-state index contributed by atoms with van der Waals surface area (Å²) in [6.45, 7) is 9.38. The van der Waals surface area contributed by atoms with Gasteiger partial charge in [0.2, 0.25) is 5.91 Å². The molecule has 0 aromatic carbocycles. The minimum absolute atomic E-state index is 0.0691. The second-order valence-electron chi connectivity index (χ2n) is 3.79. The zero-order valence-electron chi connectivity index (χ0n) is 10.1. The van der Waals surface area contributed by atoms with Gasteiger partial charge in [0.15, 0.2) is 0 Å². The van der Waals surface area contributed by atoms with E-state index in [1.807, 2.05) is 0 Å². The minimum atomic E-state index is -0.860. The fraction of sp³-hybridized carbons (Fsp3) is 0.636. The van der Waals surface area contributed by atoms with Gasteiger partial charge in [-0.15, -0.1) is 6.58 Å². The standard InChI is InChI=1S/C11H20N2O3/c1-5-7-12-9(14)8-13-11(3,4)10(15)16-6-2/h5,13H,1,6-8H2,2-4H3,(H,12,14). The molecule has 92 valence electrons. The molecule has 0 aliphatic carbocycles. The average molecular weight is 228 g/mol. The first-order chi connectivity index (χ1) is 7.44. The number of nitrogens with one attached hydrogen (secondary N) is 2. The van der Waals surface area contributed by atoms with E-state index in [0.717, 1.165) is 0 Å². The van der Waals surface area contributed by atoms with Gasteiger partial charge in [0.05, 0.1) is 13.2 Å². The lowest BCUT2D eigenvalue weighted by Gasteiger charge is -2.23. The molecule has 0 saturated heterocycles. The molecule has 0 atom stereocenters. The molecule has 0 heterocycles. The van der Waals surface area contributed by atoms with Crippen molar-refractivity contribution in [3.8, 4) is 0 Å². The summed E-state index contributed by atoms with van der Waals surface area (Å²) in [5, 5.41) is 5.44. The molecule has 0 aliphatic rings. The molecule has 1 amide bonds. The summed E-state index contributed by atoms with van der Waals surface area (Å²) >= 11 is 0. The Morgan fingerprint density at radius 1 is 1.44 bits per heavy atom. The van der Waals surface area contributed by atoms with Crippen molar-refractivity contribution < 1.29 is 14.3 Å². The zero-order valence-corrected chi connectivity index (χ0v) is 10.1. The van der Waals surface area contributed by atoms with Gasteiger partial charge in [-0.2, -0.15) is 0 Å². The second-order valence-corrected chi connectivity index (χ2v) is 3.79. The molecular formula is C11H20N2O3. The van der Waals surface area contributed by atoms with Crippen molar-refractivity contribution in [1.29, 1.82) is 0 Å². The Kier molecular flexibility index (Phi) is 6.41. The normalized spacial score (nSPS) is 10.7. The van der Waals surface area contributed by atoms with Crippen LogP contribution in [0.5, 0.6) is 0 Å². The Balaban J connectivity index is 4.02. The second kappa shape index (κ2) is 7.00. The molecule has 0 unspecified atom stereocenters. The summed E-state index contributed by atoms with van der Waals surface area (Å²) in [5.74, 6) is -0.552. The largest absolute Gasteiger partial charge is 0.465 e. The summed E-state index contributed by atoms with van der Waals surface area (Å²) in [6.07, 6.45) is 1.59. The Hall–Kier alpha value is -1.36. The van der Waals surface area contributed by atoms with Crippen molar-refractivity contribution in [2.45, 2.75) is 26.3 Å². The lowest BCUT2D eigenvalue weighted by Crippen LogP contribution is -2.51. The summed E-state index contributed by atoms with van der Waals surface area (Å²) in [5.41, 5.74) is -0.860. The topological polar surface area (TPSA) is 67.4 Å². The van der Waals surface area contributed by atoms with E-state index in [1.54, 1.807) is 26.8 Å². The Labute approximate surface area is 96.2 Å². The van der Waals surface area contributed by atoms with Crippen LogP contribution >= 0.6 is 0 Å². The monoisotopic (exact) mass is 228 g/mol. The number of hydrogen-bond acceptors (Lipinski definition) is 4. The van der Waals surface area contributed by atoms with Gasteiger partial charge in [-0.3, -0.25) is 14.9 Å². The molecule has 0 aromatic heterocycles. The third-order valence-electron chi connectivity index (χ3n) is 1.92. The smallest absolute Gasteiger partial charge is 0.325 e. The molecule has 0 saturated carbocycles. The number of esters is 1. The summed E-state index contributed by atoms with van der Waals surface area (Å²) in [4.78, 5) is 22.7. The quantitative estimate of drug-likeness (QED) is 0.483. The predicted molar refractivity (Wildman–Crippen MR) is 61.9 cm³/mol. The molecule has 0 aliphatic heterocycles. The summed E-state index contributed by atoms with van der Waals surface area (Å²) in [6, 6.07) is 0. The molecular weight excluding hydrogens is 208 g/mol. The fourth-order valence-corrected chi connectivity index (χ4v) is 0.933. The van der Waals surface area contributed by atoms with Crippen LogP contribution in [0.4, 0.5) is 0 Å². The Bertz CT molecular complexity index is 262. The van der Waals surface area contributed by atoms with Crippen LogP contribution < -0.4 is 10.6 Å². The lowest BCUT2D eigenvalue weighted by molar-refractivity contribution is -0.149. The van der Waals surface area contributed by atoms with Gasteiger partial charge in [0.1, 0.15) is 5.54 Å². The molecule has 0 bridgehead atoms. The van der Waals surface area contributed by atoms with E-state index in [0.29, 0.717) is 13.2 Å². The number of amides is 1. The number of hydrogen-bond donors (Lipinski definition) is 2. The van der Waals surface area contributed by atoms with Crippen molar-refractivity contribution in [1.82, 2.24) is 10.6 Å². The van der Waals surface area contributed by atoms with E-state index in [9.17, 15) is 9.59 Å². The van der Waals surface area contributed by atoms with Crippen LogP contribution in [0, 0.1) is 0 Å². The van der Waals surface area contributed by atoms with Crippen LogP contribution in [0.1, 0.15) is 20.8 Å². The SMILES string of the molecule is C=CCNC(=O)CNC(C)(C)C(=O)OCC. The van der Waals surface area contributed by atoms with E-state index in [1.165, 1.54) is 0 Å². The van der Waals surface area contributed by atoms with Crippen LogP contribution in [-0.2, 0) is 14.3 Å². The van der Waals surface area contributed by atoms with Gasteiger partial charge in [0.25, 0.3) is 0 Å². The number of carbonyl (C=O) groups is 2. The minimum Gasteiger partial charge on any atom is -0.465 e. The summed E-state index contributed by atoms with van der Waals surface area (Å²) < 4.78 is 4.87. The van der Waals surface area contributed by atoms with E-state index < -0.39 is 5.54 Å². The van der Waals surface area contributed by atoms with Crippen LogP contribution in [0.3, 0.4) is 0 Å². The number of rotatable bonds is 7. The van der Waals surface area contributed by atoms with Crippen LogP contribution in [0.25, 0.3) is 0 Å². The third kappa shape index (κ3) is 5.50. The molecule has 0 radical (unpaired) electrons. The van der Waals surface area contributed by atoms with Crippen molar-refractivity contribution >= 4 is 11.9 Å². The van der Waals surface area contributed by atoms with Crippen molar-refractivity contribution in [2.24, 2.45) is 0 Å². The Morgan fingerprint density at radius 2 is 2.06 bits per heavy atom. The number of carbonyl (C=O) groups excluding carboxylic acids is 2. The Morgan fingerprint density at radius 3 is 2.56 bits per heavy atom. The van der Waals surface area contributed by atoms with E-state index in [-0.39, 0.29) is 18.4 Å². The molecule has 0 rings (SSSR count). The van der Waals surface area contributed by atoms with Crippen molar-refractivity contribution in [3.63, 3.8) is 0 Å². The first-order valence-electron chi connectivity index (χ1n) is 5.24. The van der Waals surface area contributed by atoms with Crippen molar-refractivity contribution in [3.05, 3.63) is 12.7 Å². The van der Waals surface area contributed by atoms with E-state index >= 15 is 0 Å². The van der Waals surface area contributed by atoms with Gasteiger partial charge in [-0.05, 0) is 20.8 Å². The highest BCUT2D eigenvalue weighted by molar-refractivity contribution is 5.82. The zero-order chi connectivity index (χ0) is 12.6. The van der Waals surface area contributed by atoms with Crippen molar-refractivity contribution in [2.75, 3.05) is 19.7 Å². The molecule has 0 aromatic rings. The maximum atomic E-state index is 11.5. The third-order valence-corrected chi connectivity index (χ3v) is 1.92. The fourth-order valence-electron chi connectivity index (χ4n) is 0.933. The van der Waals surface area contributed by atoms with Gasteiger partial charge in [0, 0.05) is 6.54 Å². The highest BCUT2D eigenvalue weighted by Gasteiger charge is 2.28. The lowest BCUT2D eigenvalue weighted by atomic mass is 10.1. The first-order valence-corrected chi connectivity index (χ1v) is 5.24. The van der Waals surface area contributed by atoms with Gasteiger partial charge in [-0.1, -0.05) is 6.08 Å². The molecule has 2 N–H and O–H groups in total. The maximum absolute atomic E-state index is 11.5. The van der Waals surface area contributed by atoms with Crippen LogP contribution in [0.15, 0.2) is 12.7 Å². The van der Waals surface area contributed by atoms with Gasteiger partial charge >= 0.3 is 5.97 Å². The maximum Gasteiger partial charge on any atom is 0.325 e. The average Bonchev–Trinajstić information content (AvgIpc) is 2.24. The summed E-state index contributed by atoms with van der Waals surface area (Å²) in [7, 11) is 0. The highest BCUT2D eigenvalue weighted by atomic mass is 16.5. The van der Waals surface area contributed by atoms with E-state index in [4.69, 9.17) is 4.74 Å². The molecule has 0 spiro atoms. The van der Waals surface area contributed by atoms with Gasteiger partial charge < -0.3 is 10.1 Å². The first kappa shape index (κ1) is 14.6. The molecule has 5 heteroatoms. The molecule has 0 fully saturated rings. The van der Waals surface area contributed by atoms with Crippen LogP contribution in [-0.4, -0.2) is 37.1 Å². The molecule has 5 nitrogen and oxygen atoms in total. The van der Waals surface area contributed by atoms with Crippen LogP contribution in [0.2, 0.25) is 0 Å². The van der Waals surface area contributed by atoms with E-state index in [2.05, 4.69) is 17.2 Å². The predicted octanol–water partition coefficient (Wildman–Crippen LogP) is 0.220. The highest BCUT2D eigenvalue weighted by Crippen LogP contribution is 2.04. The van der Waals surface area contributed by atoms with Gasteiger partial charge in [-0.25, -0.2) is 0 Å².